The summed E-state index contributed by atoms with van der Waals surface area (Å²) in [7, 11) is -0.965. The third-order valence-corrected chi connectivity index (χ3v) is 2.33. The number of sulfone groups is 1. The third kappa shape index (κ3) is 9.87. The first-order valence-corrected chi connectivity index (χ1v) is 6.02. The average molecular weight is 195 g/mol. The summed E-state index contributed by atoms with van der Waals surface area (Å²) in [5.41, 5.74) is 0. The molecule has 0 saturated heterocycles. The number of hydrogen-bond donors (Lipinski definition) is 1. The van der Waals surface area contributed by atoms with Gasteiger partial charge in [0.05, 0.1) is 12.4 Å². The van der Waals surface area contributed by atoms with Crippen LogP contribution >= 0.6 is 0 Å². The van der Waals surface area contributed by atoms with Crippen LogP contribution in [0.5, 0.6) is 0 Å². The van der Waals surface area contributed by atoms with Gasteiger partial charge in [-0.05, 0) is 13.5 Å². The van der Waals surface area contributed by atoms with Crippen LogP contribution in [-0.2, 0) is 14.6 Å². The second-order valence-electron chi connectivity index (χ2n) is 2.70. The predicted molar refractivity (Wildman–Crippen MR) is 49.1 cm³/mol. The fraction of sp³-hybridized carbons (Fsp3) is 1.00. The topological polar surface area (TPSA) is 55.4 Å². The summed E-state index contributed by atoms with van der Waals surface area (Å²) in [6.07, 6.45) is 1.82. The van der Waals surface area contributed by atoms with Gasteiger partial charge in [-0.2, -0.15) is 0 Å². The number of hydrogen-bond acceptors (Lipinski definition) is 4. The van der Waals surface area contributed by atoms with Gasteiger partial charge in [-0.15, -0.1) is 0 Å². The molecule has 0 atom stereocenters. The molecular formula is C7H17NO3S. The SMILES string of the molecule is CNCCOCCCS(C)(=O)=O. The maximum atomic E-state index is 10.7. The minimum atomic E-state index is -2.81. The van der Waals surface area contributed by atoms with Crippen molar-refractivity contribution in [3.05, 3.63) is 0 Å². The van der Waals surface area contributed by atoms with Gasteiger partial charge in [0.2, 0.25) is 0 Å². The Morgan fingerprint density at radius 1 is 1.33 bits per heavy atom. The van der Waals surface area contributed by atoms with Gasteiger partial charge in [-0.1, -0.05) is 0 Å². The Hall–Kier alpha value is -0.130. The Morgan fingerprint density at radius 3 is 2.50 bits per heavy atom. The summed E-state index contributed by atoms with van der Waals surface area (Å²) >= 11 is 0. The highest BCUT2D eigenvalue weighted by Gasteiger charge is 2.00. The Bertz CT molecular complexity index is 189. The Labute approximate surface area is 74.2 Å². The van der Waals surface area contributed by atoms with Crippen molar-refractivity contribution in [2.45, 2.75) is 6.42 Å². The van der Waals surface area contributed by atoms with Crippen LogP contribution in [0.15, 0.2) is 0 Å². The van der Waals surface area contributed by atoms with Gasteiger partial charge in [0.15, 0.2) is 0 Å². The molecular weight excluding hydrogens is 178 g/mol. The summed E-state index contributed by atoms with van der Waals surface area (Å²) < 4.78 is 26.4. The first kappa shape index (κ1) is 11.9. The third-order valence-electron chi connectivity index (χ3n) is 1.30. The van der Waals surface area contributed by atoms with Crippen molar-refractivity contribution >= 4 is 9.84 Å². The number of nitrogens with one attached hydrogen (secondary N) is 1. The Kier molecular flexibility index (Phi) is 6.32. The van der Waals surface area contributed by atoms with Crippen molar-refractivity contribution in [2.24, 2.45) is 0 Å². The van der Waals surface area contributed by atoms with Gasteiger partial charge in [0, 0.05) is 19.4 Å². The summed E-state index contributed by atoms with van der Waals surface area (Å²) in [5.74, 6) is 0.215. The molecule has 0 aromatic rings. The van der Waals surface area contributed by atoms with E-state index >= 15 is 0 Å². The molecule has 0 aliphatic heterocycles. The van der Waals surface area contributed by atoms with Gasteiger partial charge in [-0.25, -0.2) is 8.42 Å². The van der Waals surface area contributed by atoms with Gasteiger partial charge < -0.3 is 10.1 Å². The standard InChI is InChI=1S/C7H17NO3S/c1-8-4-6-11-5-3-7-12(2,9)10/h8H,3-7H2,1-2H3. The number of rotatable bonds is 7. The zero-order valence-electron chi connectivity index (χ0n) is 7.67. The molecule has 0 aliphatic rings. The summed E-state index contributed by atoms with van der Waals surface area (Å²) in [6.45, 7) is 1.97. The highest BCUT2D eigenvalue weighted by atomic mass is 32.2. The predicted octanol–water partition coefficient (Wildman–Crippen LogP) is -0.343. The average Bonchev–Trinajstić information content (AvgIpc) is 1.94. The maximum absolute atomic E-state index is 10.7. The van der Waals surface area contributed by atoms with E-state index in [9.17, 15) is 8.42 Å². The van der Waals surface area contributed by atoms with E-state index in [1.54, 1.807) is 0 Å². The van der Waals surface area contributed by atoms with E-state index < -0.39 is 9.84 Å². The molecule has 0 unspecified atom stereocenters. The highest BCUT2D eigenvalue weighted by Crippen LogP contribution is 1.89. The van der Waals surface area contributed by atoms with Crippen molar-refractivity contribution in [3.63, 3.8) is 0 Å². The van der Waals surface area contributed by atoms with Crippen LogP contribution < -0.4 is 5.32 Å². The van der Waals surface area contributed by atoms with Gasteiger partial charge >= 0.3 is 0 Å². The molecule has 12 heavy (non-hydrogen) atoms. The highest BCUT2D eigenvalue weighted by molar-refractivity contribution is 7.90. The molecule has 4 nitrogen and oxygen atoms in total. The van der Waals surface area contributed by atoms with Crippen LogP contribution in [0.4, 0.5) is 0 Å². The maximum Gasteiger partial charge on any atom is 0.147 e. The van der Waals surface area contributed by atoms with Crippen LogP contribution in [0.3, 0.4) is 0 Å². The molecule has 0 fully saturated rings. The van der Waals surface area contributed by atoms with Crippen molar-refractivity contribution < 1.29 is 13.2 Å². The lowest BCUT2D eigenvalue weighted by Gasteiger charge is -2.02. The van der Waals surface area contributed by atoms with Crippen molar-refractivity contribution in [3.8, 4) is 0 Å². The lowest BCUT2D eigenvalue weighted by Crippen LogP contribution is -2.15. The van der Waals surface area contributed by atoms with E-state index in [0.717, 1.165) is 6.54 Å². The molecule has 0 saturated carbocycles. The normalized spacial score (nSPS) is 11.8. The molecule has 5 heteroatoms. The molecule has 0 bridgehead atoms. The van der Waals surface area contributed by atoms with E-state index in [-0.39, 0.29) is 5.75 Å². The van der Waals surface area contributed by atoms with Gasteiger partial charge in [0.1, 0.15) is 9.84 Å². The van der Waals surface area contributed by atoms with E-state index in [1.165, 1.54) is 6.26 Å². The molecule has 74 valence electrons. The van der Waals surface area contributed by atoms with Gasteiger partial charge in [0.25, 0.3) is 0 Å². The van der Waals surface area contributed by atoms with Crippen molar-refractivity contribution in [2.75, 3.05) is 38.8 Å². The lowest BCUT2D eigenvalue weighted by atomic mass is 10.5. The molecule has 0 amide bonds. The molecule has 0 aliphatic carbocycles. The summed E-state index contributed by atoms with van der Waals surface area (Å²) in [6, 6.07) is 0. The molecule has 0 rings (SSSR count). The van der Waals surface area contributed by atoms with Crippen LogP contribution in [0, 0.1) is 0 Å². The molecule has 0 spiro atoms. The van der Waals surface area contributed by atoms with Crippen LogP contribution in [0.25, 0.3) is 0 Å². The van der Waals surface area contributed by atoms with E-state index in [4.69, 9.17) is 4.74 Å². The van der Waals surface area contributed by atoms with Crippen molar-refractivity contribution in [1.82, 2.24) is 5.32 Å². The fourth-order valence-corrected chi connectivity index (χ4v) is 1.34. The summed E-state index contributed by atoms with van der Waals surface area (Å²) in [5, 5.41) is 2.93. The first-order chi connectivity index (χ1) is 5.56. The van der Waals surface area contributed by atoms with Crippen LogP contribution in [-0.4, -0.2) is 47.2 Å². The molecule has 0 aromatic carbocycles. The van der Waals surface area contributed by atoms with E-state index in [1.807, 2.05) is 7.05 Å². The van der Waals surface area contributed by atoms with Crippen LogP contribution in [0.1, 0.15) is 6.42 Å². The second kappa shape index (κ2) is 6.39. The molecule has 0 radical (unpaired) electrons. The molecule has 0 heterocycles. The number of likely N-dealkylation sites (N-methyl/N-ethyl adjacent to an activating group) is 1. The van der Waals surface area contributed by atoms with E-state index in [2.05, 4.69) is 5.32 Å². The largest absolute Gasteiger partial charge is 0.380 e. The monoisotopic (exact) mass is 195 g/mol. The first-order valence-electron chi connectivity index (χ1n) is 3.96. The Morgan fingerprint density at radius 2 is 2.00 bits per heavy atom. The minimum Gasteiger partial charge on any atom is -0.380 e. The zero-order chi connectivity index (χ0) is 9.45. The minimum absolute atomic E-state index is 0.215. The zero-order valence-corrected chi connectivity index (χ0v) is 8.49. The lowest BCUT2D eigenvalue weighted by molar-refractivity contribution is 0.138. The molecule has 0 aromatic heterocycles. The summed E-state index contributed by atoms with van der Waals surface area (Å²) in [4.78, 5) is 0. The van der Waals surface area contributed by atoms with Crippen LogP contribution in [0.2, 0.25) is 0 Å². The Balaban J connectivity index is 3.12. The number of ether oxygens (including phenoxy) is 1. The smallest absolute Gasteiger partial charge is 0.147 e. The van der Waals surface area contributed by atoms with Crippen molar-refractivity contribution in [1.29, 1.82) is 0 Å². The van der Waals surface area contributed by atoms with Gasteiger partial charge in [-0.3, -0.25) is 0 Å². The molecule has 1 N–H and O–H groups in total. The van der Waals surface area contributed by atoms with E-state index in [0.29, 0.717) is 19.6 Å². The second-order valence-corrected chi connectivity index (χ2v) is 4.96. The quantitative estimate of drug-likeness (QED) is 0.565. The fourth-order valence-electron chi connectivity index (χ4n) is 0.699.